The first-order valence-electron chi connectivity index (χ1n) is 9.42. The number of alkyl halides is 3. The molecule has 30 heavy (non-hydrogen) atoms. The van der Waals surface area contributed by atoms with Crippen molar-refractivity contribution in [1.82, 2.24) is 19.6 Å². The second kappa shape index (κ2) is 10.2. The third-order valence-corrected chi connectivity index (χ3v) is 5.31. The van der Waals surface area contributed by atoms with Crippen molar-refractivity contribution >= 4 is 11.9 Å². The molecule has 2 saturated heterocycles. The lowest BCUT2D eigenvalue weighted by molar-refractivity contribution is -0.192. The molecule has 0 radical (unpaired) electrons. The molecule has 0 aromatic carbocycles. The molecule has 9 nitrogen and oxygen atoms in total. The number of rotatable bonds is 5. The number of carboxylic acids is 1. The van der Waals surface area contributed by atoms with Gasteiger partial charge in [-0.2, -0.15) is 18.3 Å². The van der Waals surface area contributed by atoms with Crippen LogP contribution in [0.25, 0.3) is 0 Å². The van der Waals surface area contributed by atoms with E-state index >= 15 is 0 Å². The Bertz CT molecular complexity index is 727. The molecular weight excluding hydrogens is 409 g/mol. The molecule has 0 saturated carbocycles. The molecule has 0 aliphatic carbocycles. The van der Waals surface area contributed by atoms with Gasteiger partial charge in [0.15, 0.2) is 0 Å². The third-order valence-electron chi connectivity index (χ3n) is 5.31. The van der Waals surface area contributed by atoms with Gasteiger partial charge in [0, 0.05) is 59.6 Å². The fourth-order valence-corrected chi connectivity index (χ4v) is 3.88. The van der Waals surface area contributed by atoms with Gasteiger partial charge < -0.3 is 19.5 Å². The lowest BCUT2D eigenvalue weighted by atomic mass is 9.88. The van der Waals surface area contributed by atoms with Crippen LogP contribution >= 0.6 is 0 Å². The summed E-state index contributed by atoms with van der Waals surface area (Å²) >= 11 is 0. The molecule has 3 heterocycles. The second-order valence-corrected chi connectivity index (χ2v) is 7.25. The summed E-state index contributed by atoms with van der Waals surface area (Å²) in [5.74, 6) is -2.31. The molecule has 0 spiro atoms. The van der Waals surface area contributed by atoms with Crippen molar-refractivity contribution in [2.75, 3.05) is 47.0 Å². The van der Waals surface area contributed by atoms with E-state index in [9.17, 15) is 18.0 Å². The molecule has 0 unspecified atom stereocenters. The van der Waals surface area contributed by atoms with Gasteiger partial charge in [0.1, 0.15) is 0 Å². The van der Waals surface area contributed by atoms with E-state index in [4.69, 9.17) is 19.4 Å². The fourth-order valence-electron chi connectivity index (χ4n) is 3.88. The molecule has 1 N–H and O–H groups in total. The molecule has 1 amide bonds. The second-order valence-electron chi connectivity index (χ2n) is 7.25. The van der Waals surface area contributed by atoms with Crippen LogP contribution in [-0.2, 0) is 21.3 Å². The number of carboxylic acid groups (broad SMARTS) is 1. The normalized spacial score (nSPS) is 24.2. The van der Waals surface area contributed by atoms with E-state index in [0.29, 0.717) is 18.1 Å². The van der Waals surface area contributed by atoms with Crippen molar-refractivity contribution in [1.29, 1.82) is 0 Å². The minimum atomic E-state index is -5.08. The van der Waals surface area contributed by atoms with Crippen LogP contribution in [-0.4, -0.2) is 102 Å². The molecule has 2 fully saturated rings. The van der Waals surface area contributed by atoms with Crippen molar-refractivity contribution in [2.45, 2.75) is 24.7 Å². The average molecular weight is 436 g/mol. The molecule has 1 aromatic heterocycles. The predicted octanol–water partition coefficient (Wildman–Crippen LogP) is 0.861. The number of carbonyl (C=O) groups excluding carboxylic acids is 1. The number of amides is 1. The zero-order valence-corrected chi connectivity index (χ0v) is 17.1. The van der Waals surface area contributed by atoms with Crippen molar-refractivity contribution in [3.63, 3.8) is 0 Å². The maximum Gasteiger partial charge on any atom is 0.490 e. The van der Waals surface area contributed by atoms with Crippen molar-refractivity contribution in [3.05, 3.63) is 18.0 Å². The summed E-state index contributed by atoms with van der Waals surface area (Å²) in [4.78, 5) is 26.1. The van der Waals surface area contributed by atoms with E-state index in [-0.39, 0.29) is 18.1 Å². The monoisotopic (exact) mass is 436 g/mol. The number of hydrogen-bond donors (Lipinski definition) is 1. The molecular formula is C18H27F3N4O5. The number of carbonyl (C=O) groups is 2. The Morgan fingerprint density at radius 1 is 1.30 bits per heavy atom. The minimum absolute atomic E-state index is 0.0799. The minimum Gasteiger partial charge on any atom is -0.475 e. The zero-order chi connectivity index (χ0) is 22.5. The number of aromatic nitrogens is 2. The van der Waals surface area contributed by atoms with Crippen molar-refractivity contribution < 1.29 is 37.3 Å². The maximum atomic E-state index is 12.9. The standard InChI is InChI=1S/C16H26N4O3.C2HF3O2/c1-18-9-12(8-17-18)16(21)20-5-4-15(23-3)13-10-19(6-7-22-2)11-14(13)20;3-2(4,5)1(6)7/h8-9,13-15H,4-7,10-11H2,1-3H3;(H,6,7)/t13-,14+,15-;/m0./s1. The number of piperidine rings is 1. The van der Waals surface area contributed by atoms with Gasteiger partial charge in [-0.25, -0.2) is 4.79 Å². The van der Waals surface area contributed by atoms with Crippen LogP contribution in [0, 0.1) is 5.92 Å². The zero-order valence-electron chi connectivity index (χ0n) is 17.1. The number of halogens is 3. The fraction of sp³-hybridized carbons (Fsp3) is 0.722. The summed E-state index contributed by atoms with van der Waals surface area (Å²) in [5.41, 5.74) is 0.664. The predicted molar refractivity (Wildman–Crippen MR) is 98.9 cm³/mol. The first-order valence-corrected chi connectivity index (χ1v) is 9.42. The number of ether oxygens (including phenoxy) is 2. The van der Waals surface area contributed by atoms with E-state index in [2.05, 4.69) is 10.00 Å². The van der Waals surface area contributed by atoms with Gasteiger partial charge in [-0.05, 0) is 6.42 Å². The highest BCUT2D eigenvalue weighted by atomic mass is 19.4. The molecule has 12 heteroatoms. The van der Waals surface area contributed by atoms with Crippen molar-refractivity contribution in [3.8, 4) is 0 Å². The number of nitrogens with zero attached hydrogens (tertiary/aromatic N) is 4. The first kappa shape index (κ1) is 24.1. The van der Waals surface area contributed by atoms with Crippen LogP contribution in [0.4, 0.5) is 13.2 Å². The number of methoxy groups -OCH3 is 2. The quantitative estimate of drug-likeness (QED) is 0.731. The Labute approximate surface area is 172 Å². The Kier molecular flexibility index (Phi) is 8.21. The Hall–Kier alpha value is -2.18. The molecule has 2 aliphatic rings. The summed E-state index contributed by atoms with van der Waals surface area (Å²) in [6.45, 7) is 4.21. The van der Waals surface area contributed by atoms with Gasteiger partial charge in [-0.15, -0.1) is 0 Å². The number of likely N-dealkylation sites (tertiary alicyclic amines) is 2. The maximum absolute atomic E-state index is 12.9. The van der Waals surface area contributed by atoms with Crippen LogP contribution in [0.2, 0.25) is 0 Å². The number of fused-ring (bicyclic) bond motifs is 1. The molecule has 2 aliphatic heterocycles. The van der Waals surface area contributed by atoms with Crippen LogP contribution in [0.3, 0.4) is 0 Å². The highest BCUT2D eigenvalue weighted by molar-refractivity contribution is 5.94. The topological polar surface area (TPSA) is 97.1 Å². The molecule has 3 rings (SSSR count). The Balaban J connectivity index is 0.000000396. The summed E-state index contributed by atoms with van der Waals surface area (Å²) < 4.78 is 44.3. The van der Waals surface area contributed by atoms with E-state index in [0.717, 1.165) is 32.6 Å². The van der Waals surface area contributed by atoms with Crippen LogP contribution in [0.1, 0.15) is 16.8 Å². The largest absolute Gasteiger partial charge is 0.490 e. The Morgan fingerprint density at radius 3 is 2.47 bits per heavy atom. The Morgan fingerprint density at radius 2 is 1.97 bits per heavy atom. The smallest absolute Gasteiger partial charge is 0.475 e. The SMILES string of the molecule is COCCN1C[C@@H]2[C@@H](OC)CCN(C(=O)c3cnn(C)c3)[C@@H]2C1.O=C(O)C(F)(F)F. The van der Waals surface area contributed by atoms with E-state index in [1.165, 1.54) is 0 Å². The van der Waals surface area contributed by atoms with Crippen LogP contribution in [0.5, 0.6) is 0 Å². The highest BCUT2D eigenvalue weighted by Gasteiger charge is 2.46. The number of hydrogen-bond acceptors (Lipinski definition) is 6. The van der Waals surface area contributed by atoms with E-state index in [1.807, 2.05) is 11.9 Å². The lowest BCUT2D eigenvalue weighted by Gasteiger charge is -2.41. The van der Waals surface area contributed by atoms with Crippen molar-refractivity contribution in [2.24, 2.45) is 13.0 Å². The lowest BCUT2D eigenvalue weighted by Crippen LogP contribution is -2.53. The summed E-state index contributed by atoms with van der Waals surface area (Å²) in [6.07, 6.45) is -0.526. The summed E-state index contributed by atoms with van der Waals surface area (Å²) in [7, 11) is 5.33. The van der Waals surface area contributed by atoms with Gasteiger partial charge in [0.25, 0.3) is 5.91 Å². The summed E-state index contributed by atoms with van der Waals surface area (Å²) in [5, 5.41) is 11.2. The van der Waals surface area contributed by atoms with Gasteiger partial charge in [-0.3, -0.25) is 14.4 Å². The average Bonchev–Trinajstić information content (AvgIpc) is 3.31. The molecule has 170 valence electrons. The van der Waals surface area contributed by atoms with Gasteiger partial charge in [-0.1, -0.05) is 0 Å². The van der Waals surface area contributed by atoms with Gasteiger partial charge in [0.2, 0.25) is 0 Å². The van der Waals surface area contributed by atoms with E-state index < -0.39 is 12.1 Å². The molecule has 1 aromatic rings. The van der Waals surface area contributed by atoms with Gasteiger partial charge in [0.05, 0.1) is 30.5 Å². The van der Waals surface area contributed by atoms with Gasteiger partial charge >= 0.3 is 12.1 Å². The number of aryl methyl sites for hydroxylation is 1. The highest BCUT2D eigenvalue weighted by Crippen LogP contribution is 2.33. The molecule has 0 bridgehead atoms. The summed E-state index contributed by atoms with van der Waals surface area (Å²) in [6, 6.07) is 0.207. The van der Waals surface area contributed by atoms with Crippen LogP contribution < -0.4 is 0 Å². The van der Waals surface area contributed by atoms with Crippen LogP contribution in [0.15, 0.2) is 12.4 Å². The molecule has 3 atom stereocenters. The first-order chi connectivity index (χ1) is 14.1. The number of aliphatic carboxylic acids is 1. The van der Waals surface area contributed by atoms with E-state index in [1.54, 1.807) is 31.3 Å². The third kappa shape index (κ3) is 5.92.